The molecule has 0 fully saturated rings. The third kappa shape index (κ3) is 5.88. The molecule has 8 nitrogen and oxygen atoms in total. The number of pyridine rings is 2. The van der Waals surface area contributed by atoms with Gasteiger partial charge < -0.3 is 9.47 Å². The van der Waals surface area contributed by atoms with Crippen molar-refractivity contribution in [1.82, 2.24) is 14.7 Å². The maximum Gasteiger partial charge on any atom is 0.281 e. The highest BCUT2D eigenvalue weighted by molar-refractivity contribution is 7.90. The van der Waals surface area contributed by atoms with Crippen molar-refractivity contribution in [2.45, 2.75) is 32.7 Å². The summed E-state index contributed by atoms with van der Waals surface area (Å²) in [4.78, 5) is 21.5. The van der Waals surface area contributed by atoms with Gasteiger partial charge in [-0.2, -0.15) is 8.42 Å². The van der Waals surface area contributed by atoms with Crippen molar-refractivity contribution in [3.05, 3.63) is 94.2 Å². The number of nitrogens with one attached hydrogen (secondary N) is 1. The van der Waals surface area contributed by atoms with Crippen LogP contribution in [0.25, 0.3) is 11.3 Å². The van der Waals surface area contributed by atoms with E-state index < -0.39 is 27.6 Å². The van der Waals surface area contributed by atoms with Crippen LogP contribution in [0.3, 0.4) is 0 Å². The number of rotatable bonds is 7. The van der Waals surface area contributed by atoms with E-state index in [2.05, 4.69) is 9.97 Å². The van der Waals surface area contributed by atoms with Gasteiger partial charge in [-0.1, -0.05) is 23.8 Å². The molecule has 0 unspecified atom stereocenters. The Kier molecular flexibility index (Phi) is 7.64. The normalized spacial score (nSPS) is 11.3. The Morgan fingerprint density at radius 3 is 2.26 bits per heavy atom. The average molecular weight is 558 g/mol. The molecule has 2 heterocycles. The zero-order valence-electron chi connectivity index (χ0n) is 21.8. The molecule has 0 saturated carbocycles. The number of aromatic nitrogens is 2. The lowest BCUT2D eigenvalue weighted by Gasteiger charge is -2.16. The second-order valence-corrected chi connectivity index (χ2v) is 10.5. The Morgan fingerprint density at radius 2 is 1.62 bits per heavy atom. The number of hydrogen-bond donors (Lipinski definition) is 1. The van der Waals surface area contributed by atoms with Gasteiger partial charge >= 0.3 is 0 Å². The summed E-state index contributed by atoms with van der Waals surface area (Å²) in [5.74, 6) is -2.89. The summed E-state index contributed by atoms with van der Waals surface area (Å²) in [6.45, 7) is 7.12. The highest BCUT2D eigenvalue weighted by atomic mass is 32.2. The minimum atomic E-state index is -4.34. The van der Waals surface area contributed by atoms with E-state index >= 15 is 0 Å². The van der Waals surface area contributed by atoms with Gasteiger partial charge in [0.05, 0.1) is 12.8 Å². The summed E-state index contributed by atoms with van der Waals surface area (Å²) in [5.41, 5.74) is 2.37. The van der Waals surface area contributed by atoms with E-state index in [4.69, 9.17) is 9.47 Å². The largest absolute Gasteiger partial charge is 0.494 e. The fourth-order valence-electron chi connectivity index (χ4n) is 4.04. The number of ether oxygens (including phenoxy) is 2. The van der Waals surface area contributed by atoms with Crippen LogP contribution in [-0.4, -0.2) is 31.4 Å². The predicted octanol–water partition coefficient (Wildman–Crippen LogP) is 6.07. The van der Waals surface area contributed by atoms with Crippen LogP contribution in [0.2, 0.25) is 0 Å². The Morgan fingerprint density at radius 1 is 0.923 bits per heavy atom. The fraction of sp³-hybridized carbons (Fsp3) is 0.179. The molecule has 0 aliphatic rings. The van der Waals surface area contributed by atoms with Gasteiger partial charge in [-0.05, 0) is 69.2 Å². The monoisotopic (exact) mass is 557 g/mol. The van der Waals surface area contributed by atoms with Crippen molar-refractivity contribution >= 4 is 15.9 Å². The second-order valence-electron chi connectivity index (χ2n) is 8.90. The third-order valence-corrected chi connectivity index (χ3v) is 7.02. The molecule has 0 atom stereocenters. The molecule has 4 rings (SSSR count). The molecule has 39 heavy (non-hydrogen) atoms. The number of benzene rings is 2. The number of hydrogen-bond acceptors (Lipinski definition) is 7. The number of amides is 1. The quantitative estimate of drug-likeness (QED) is 0.294. The molecule has 1 N–H and O–H groups in total. The standard InChI is InChI=1S/C28H25F2N3O5S.2H2/c1-15-11-16(2)26(17(3)12-15)38-28-19(27(34)33-39(35,36)25-8-6-7-18(4)31-25)9-10-23(32-28)20-13-22(30)24(37-5)14-21(20)29;;/h6-14H,1-5H3,(H,33,34);2*1H. The molecule has 2 aromatic heterocycles. The maximum atomic E-state index is 14.8. The zero-order chi connectivity index (χ0) is 28.5. The lowest BCUT2D eigenvalue weighted by Crippen LogP contribution is -2.31. The fourth-order valence-corrected chi connectivity index (χ4v) is 5.02. The van der Waals surface area contributed by atoms with Gasteiger partial charge in [-0.25, -0.2) is 23.5 Å². The van der Waals surface area contributed by atoms with Gasteiger partial charge in [0.15, 0.2) is 16.6 Å². The Hall–Kier alpha value is -4.38. The van der Waals surface area contributed by atoms with E-state index in [9.17, 15) is 22.0 Å². The second kappa shape index (κ2) is 10.8. The molecule has 0 saturated heterocycles. The molecule has 0 spiro atoms. The molecule has 0 aliphatic heterocycles. The molecule has 4 aromatic rings. The van der Waals surface area contributed by atoms with Crippen molar-refractivity contribution in [1.29, 1.82) is 0 Å². The number of methoxy groups -OCH3 is 1. The van der Waals surface area contributed by atoms with Gasteiger partial charge in [-0.3, -0.25) is 4.79 Å². The van der Waals surface area contributed by atoms with E-state index in [0.717, 1.165) is 28.8 Å². The van der Waals surface area contributed by atoms with Gasteiger partial charge in [0.25, 0.3) is 15.9 Å². The molecule has 1 amide bonds. The van der Waals surface area contributed by atoms with Gasteiger partial charge in [0.1, 0.15) is 17.1 Å². The van der Waals surface area contributed by atoms with Crippen molar-refractivity contribution in [3.63, 3.8) is 0 Å². The van der Waals surface area contributed by atoms with Crippen LogP contribution in [0.1, 0.15) is 35.6 Å². The first-order valence-corrected chi connectivity index (χ1v) is 13.2. The highest BCUT2D eigenvalue weighted by Crippen LogP contribution is 2.34. The van der Waals surface area contributed by atoms with Crippen molar-refractivity contribution in [2.24, 2.45) is 0 Å². The zero-order valence-corrected chi connectivity index (χ0v) is 22.6. The van der Waals surface area contributed by atoms with E-state index in [0.29, 0.717) is 11.4 Å². The van der Waals surface area contributed by atoms with Crippen molar-refractivity contribution in [2.75, 3.05) is 7.11 Å². The number of halogens is 2. The maximum absolute atomic E-state index is 14.8. The van der Waals surface area contributed by atoms with Crippen LogP contribution in [0.4, 0.5) is 8.78 Å². The summed E-state index contributed by atoms with van der Waals surface area (Å²) >= 11 is 0. The van der Waals surface area contributed by atoms with E-state index in [1.54, 1.807) is 26.8 Å². The highest BCUT2D eigenvalue weighted by Gasteiger charge is 2.25. The molecule has 206 valence electrons. The minimum Gasteiger partial charge on any atom is -0.494 e. The van der Waals surface area contributed by atoms with E-state index in [-0.39, 0.29) is 36.3 Å². The van der Waals surface area contributed by atoms with Gasteiger partial charge in [0, 0.05) is 20.2 Å². The van der Waals surface area contributed by atoms with Crippen LogP contribution >= 0.6 is 0 Å². The Labute approximate surface area is 227 Å². The number of carbonyl (C=O) groups is 1. The lowest BCUT2D eigenvalue weighted by molar-refractivity contribution is 0.0978. The summed E-state index contributed by atoms with van der Waals surface area (Å²) in [6.07, 6.45) is 0. The van der Waals surface area contributed by atoms with Crippen LogP contribution in [0, 0.1) is 39.3 Å². The van der Waals surface area contributed by atoms with E-state index in [1.165, 1.54) is 31.4 Å². The number of carbonyl (C=O) groups excluding carboxylic acids is 1. The van der Waals surface area contributed by atoms with Crippen LogP contribution < -0.4 is 14.2 Å². The van der Waals surface area contributed by atoms with Crippen LogP contribution in [0.5, 0.6) is 17.4 Å². The molecule has 0 aliphatic carbocycles. The Balaban J connectivity index is 0.00000294. The molecule has 2 aromatic carbocycles. The summed E-state index contributed by atoms with van der Waals surface area (Å²) < 4.78 is 67.8. The Bertz CT molecular complexity index is 1700. The lowest BCUT2D eigenvalue weighted by atomic mass is 10.1. The van der Waals surface area contributed by atoms with Crippen molar-refractivity contribution in [3.8, 4) is 28.6 Å². The predicted molar refractivity (Wildman–Crippen MR) is 145 cm³/mol. The number of aryl methyl sites for hydroxylation is 4. The summed E-state index contributed by atoms with van der Waals surface area (Å²) in [6, 6.07) is 12.4. The first-order valence-electron chi connectivity index (χ1n) is 11.7. The van der Waals surface area contributed by atoms with Gasteiger partial charge in [0.2, 0.25) is 5.88 Å². The van der Waals surface area contributed by atoms with E-state index in [1.807, 2.05) is 23.8 Å². The topological polar surface area (TPSA) is 107 Å². The van der Waals surface area contributed by atoms with Crippen LogP contribution in [-0.2, 0) is 10.0 Å². The SMILES string of the molecule is COc1cc(F)c(-c2ccc(C(=O)NS(=O)(=O)c3cccc(C)n3)c(Oc3c(C)cc(C)cc3C)n2)cc1F.[HH].[HH]. The molecule has 0 radical (unpaired) electrons. The summed E-state index contributed by atoms with van der Waals surface area (Å²) in [5, 5.41) is -0.344. The molecule has 11 heteroatoms. The molecule has 0 bridgehead atoms. The molecular weight excluding hydrogens is 528 g/mol. The first kappa shape index (κ1) is 27.6. The minimum absolute atomic E-state index is 0. The number of nitrogens with zero attached hydrogens (tertiary/aromatic N) is 2. The van der Waals surface area contributed by atoms with Crippen molar-refractivity contribution < 1.29 is 34.3 Å². The average Bonchev–Trinajstić information content (AvgIpc) is 2.87. The molecular formula is C28H29F2N3O5S. The third-order valence-electron chi connectivity index (χ3n) is 5.79. The number of sulfonamides is 1. The summed E-state index contributed by atoms with van der Waals surface area (Å²) in [7, 11) is -3.13. The van der Waals surface area contributed by atoms with Crippen LogP contribution in [0.15, 0.2) is 59.6 Å². The van der Waals surface area contributed by atoms with Gasteiger partial charge in [-0.15, -0.1) is 0 Å². The smallest absolute Gasteiger partial charge is 0.281 e. The first-order chi connectivity index (χ1) is 18.4.